The Morgan fingerprint density at radius 2 is 1.85 bits per heavy atom. The minimum absolute atomic E-state index is 0.437. The lowest BCUT2D eigenvalue weighted by Crippen LogP contribution is -2.22. The van der Waals surface area contributed by atoms with Gasteiger partial charge in [-0.05, 0) is 37.1 Å². The van der Waals surface area contributed by atoms with Gasteiger partial charge in [-0.1, -0.05) is 19.9 Å². The van der Waals surface area contributed by atoms with E-state index in [0.29, 0.717) is 12.1 Å². The van der Waals surface area contributed by atoms with Crippen molar-refractivity contribution in [2.45, 2.75) is 40.3 Å². The summed E-state index contributed by atoms with van der Waals surface area (Å²) in [6.45, 7) is 9.14. The molecule has 0 radical (unpaired) electrons. The van der Waals surface area contributed by atoms with Crippen molar-refractivity contribution in [1.82, 2.24) is 10.3 Å². The first-order chi connectivity index (χ1) is 9.45. The standard InChI is InChI=1S/C16H23N3O/c1-11(2)17-9-14-10-20-16(18-14)19(5)15-7-12(3)6-13(4)8-15/h6-8,10-11,17H,9H2,1-5H3. The Morgan fingerprint density at radius 1 is 1.20 bits per heavy atom. The van der Waals surface area contributed by atoms with Gasteiger partial charge in [0.05, 0.1) is 5.69 Å². The molecule has 108 valence electrons. The zero-order valence-corrected chi connectivity index (χ0v) is 12.9. The average molecular weight is 273 g/mol. The fourth-order valence-corrected chi connectivity index (χ4v) is 2.09. The highest BCUT2D eigenvalue weighted by atomic mass is 16.4. The molecule has 1 heterocycles. The molecule has 20 heavy (non-hydrogen) atoms. The van der Waals surface area contributed by atoms with E-state index in [4.69, 9.17) is 4.42 Å². The van der Waals surface area contributed by atoms with Gasteiger partial charge in [0.15, 0.2) is 0 Å². The van der Waals surface area contributed by atoms with Gasteiger partial charge in [-0.25, -0.2) is 0 Å². The lowest BCUT2D eigenvalue weighted by molar-refractivity contribution is 0.552. The number of oxazole rings is 1. The van der Waals surface area contributed by atoms with Crippen LogP contribution in [-0.4, -0.2) is 18.1 Å². The Bertz CT molecular complexity index is 555. The van der Waals surface area contributed by atoms with Crippen LogP contribution in [0.3, 0.4) is 0 Å². The summed E-state index contributed by atoms with van der Waals surface area (Å²) in [5.74, 6) is 0. The summed E-state index contributed by atoms with van der Waals surface area (Å²) in [6, 6.07) is 7.47. The van der Waals surface area contributed by atoms with E-state index in [1.807, 2.05) is 11.9 Å². The van der Waals surface area contributed by atoms with Crippen molar-refractivity contribution in [3.63, 3.8) is 0 Å². The number of rotatable bonds is 5. The van der Waals surface area contributed by atoms with Gasteiger partial charge in [0.2, 0.25) is 0 Å². The van der Waals surface area contributed by atoms with Crippen LogP contribution in [0.5, 0.6) is 0 Å². The molecule has 0 saturated heterocycles. The fourth-order valence-electron chi connectivity index (χ4n) is 2.09. The van der Waals surface area contributed by atoms with Crippen LogP contribution in [0, 0.1) is 13.8 Å². The summed E-state index contributed by atoms with van der Waals surface area (Å²) in [6.07, 6.45) is 1.71. The van der Waals surface area contributed by atoms with Gasteiger partial charge >= 0.3 is 6.01 Å². The molecule has 0 aliphatic carbocycles. The molecule has 0 spiro atoms. The van der Waals surface area contributed by atoms with Gasteiger partial charge in [0.1, 0.15) is 6.26 Å². The molecule has 2 rings (SSSR count). The monoisotopic (exact) mass is 273 g/mol. The third-order valence-electron chi connectivity index (χ3n) is 3.11. The Morgan fingerprint density at radius 3 is 2.45 bits per heavy atom. The predicted molar refractivity (Wildman–Crippen MR) is 82.5 cm³/mol. The number of benzene rings is 1. The summed E-state index contributed by atoms with van der Waals surface area (Å²) in [4.78, 5) is 6.49. The van der Waals surface area contributed by atoms with Crippen molar-refractivity contribution in [3.8, 4) is 0 Å². The number of aromatic nitrogens is 1. The number of aryl methyl sites for hydroxylation is 2. The molecule has 1 aromatic heterocycles. The second-order valence-corrected chi connectivity index (χ2v) is 5.56. The van der Waals surface area contributed by atoms with Crippen LogP contribution in [0.2, 0.25) is 0 Å². The molecule has 4 nitrogen and oxygen atoms in total. The van der Waals surface area contributed by atoms with Gasteiger partial charge in [0.25, 0.3) is 0 Å². The SMILES string of the molecule is Cc1cc(C)cc(N(C)c2nc(CNC(C)C)co2)c1. The van der Waals surface area contributed by atoms with Crippen molar-refractivity contribution in [1.29, 1.82) is 0 Å². The second kappa shape index (κ2) is 6.09. The minimum atomic E-state index is 0.437. The van der Waals surface area contributed by atoms with E-state index >= 15 is 0 Å². The van der Waals surface area contributed by atoms with Crippen LogP contribution >= 0.6 is 0 Å². The van der Waals surface area contributed by atoms with Crippen LogP contribution in [0.25, 0.3) is 0 Å². The lowest BCUT2D eigenvalue weighted by Gasteiger charge is -2.16. The Balaban J connectivity index is 2.14. The Hall–Kier alpha value is -1.81. The Labute approximate surface area is 120 Å². The number of nitrogens with zero attached hydrogens (tertiary/aromatic N) is 2. The molecule has 0 aliphatic heterocycles. The highest BCUT2D eigenvalue weighted by Crippen LogP contribution is 2.24. The lowest BCUT2D eigenvalue weighted by atomic mass is 10.1. The second-order valence-electron chi connectivity index (χ2n) is 5.56. The molecule has 2 aromatic rings. The summed E-state index contributed by atoms with van der Waals surface area (Å²) in [5, 5.41) is 3.33. The van der Waals surface area contributed by atoms with E-state index in [1.54, 1.807) is 6.26 Å². The average Bonchev–Trinajstić information content (AvgIpc) is 2.83. The molecule has 0 unspecified atom stereocenters. The van der Waals surface area contributed by atoms with Gasteiger partial charge in [-0.15, -0.1) is 0 Å². The molecular formula is C16H23N3O. The maximum absolute atomic E-state index is 5.57. The number of hydrogen-bond donors (Lipinski definition) is 1. The first-order valence-electron chi connectivity index (χ1n) is 6.95. The number of hydrogen-bond acceptors (Lipinski definition) is 4. The van der Waals surface area contributed by atoms with Gasteiger partial charge in [0, 0.05) is 25.3 Å². The van der Waals surface area contributed by atoms with Crippen molar-refractivity contribution in [3.05, 3.63) is 41.3 Å². The largest absolute Gasteiger partial charge is 0.431 e. The van der Waals surface area contributed by atoms with E-state index in [2.05, 4.69) is 56.2 Å². The van der Waals surface area contributed by atoms with Crippen LogP contribution in [0.15, 0.2) is 28.9 Å². The van der Waals surface area contributed by atoms with Crippen molar-refractivity contribution >= 4 is 11.7 Å². The summed E-state index contributed by atoms with van der Waals surface area (Å²) in [7, 11) is 1.97. The molecule has 0 bridgehead atoms. The van der Waals surface area contributed by atoms with E-state index < -0.39 is 0 Å². The normalized spacial score (nSPS) is 11.1. The predicted octanol–water partition coefficient (Wildman–Crippen LogP) is 3.56. The first kappa shape index (κ1) is 14.6. The van der Waals surface area contributed by atoms with Crippen LogP contribution in [-0.2, 0) is 6.54 Å². The minimum Gasteiger partial charge on any atom is -0.431 e. The summed E-state index contributed by atoms with van der Waals surface area (Å²) >= 11 is 0. The van der Waals surface area contributed by atoms with Gasteiger partial charge in [-0.3, -0.25) is 4.90 Å². The Kier molecular flexibility index (Phi) is 4.45. The molecule has 0 amide bonds. The van der Waals surface area contributed by atoms with Crippen LogP contribution in [0.1, 0.15) is 30.7 Å². The highest BCUT2D eigenvalue weighted by molar-refractivity contribution is 5.57. The quantitative estimate of drug-likeness (QED) is 0.904. The maximum atomic E-state index is 5.57. The van der Waals surface area contributed by atoms with E-state index in [-0.39, 0.29) is 0 Å². The van der Waals surface area contributed by atoms with Crippen molar-refractivity contribution in [2.24, 2.45) is 0 Å². The zero-order chi connectivity index (χ0) is 14.7. The molecule has 0 atom stereocenters. The van der Waals surface area contributed by atoms with E-state index in [1.165, 1.54) is 11.1 Å². The van der Waals surface area contributed by atoms with Crippen molar-refractivity contribution < 1.29 is 4.42 Å². The molecule has 0 fully saturated rings. The number of nitrogens with one attached hydrogen (secondary N) is 1. The molecule has 1 N–H and O–H groups in total. The fraction of sp³-hybridized carbons (Fsp3) is 0.438. The van der Waals surface area contributed by atoms with E-state index in [0.717, 1.165) is 17.9 Å². The highest BCUT2D eigenvalue weighted by Gasteiger charge is 2.11. The van der Waals surface area contributed by atoms with Gasteiger partial charge < -0.3 is 9.73 Å². The molecule has 4 heteroatoms. The molecule has 0 saturated carbocycles. The molecule has 0 aliphatic rings. The van der Waals surface area contributed by atoms with Gasteiger partial charge in [-0.2, -0.15) is 4.98 Å². The first-order valence-corrected chi connectivity index (χ1v) is 6.95. The topological polar surface area (TPSA) is 41.3 Å². The third-order valence-corrected chi connectivity index (χ3v) is 3.11. The molecular weight excluding hydrogens is 250 g/mol. The summed E-state index contributed by atoms with van der Waals surface area (Å²) in [5.41, 5.74) is 4.48. The van der Waals surface area contributed by atoms with Crippen molar-refractivity contribution in [2.75, 3.05) is 11.9 Å². The van der Waals surface area contributed by atoms with E-state index in [9.17, 15) is 0 Å². The smallest absolute Gasteiger partial charge is 0.301 e. The summed E-state index contributed by atoms with van der Waals surface area (Å²) < 4.78 is 5.57. The number of anilines is 2. The zero-order valence-electron chi connectivity index (χ0n) is 12.9. The maximum Gasteiger partial charge on any atom is 0.301 e. The third kappa shape index (κ3) is 3.61. The molecule has 1 aromatic carbocycles. The van der Waals surface area contributed by atoms with Crippen LogP contribution < -0.4 is 10.2 Å². The van der Waals surface area contributed by atoms with Crippen LogP contribution in [0.4, 0.5) is 11.7 Å².